The highest BCUT2D eigenvalue weighted by Gasteiger charge is 2.22. The molecule has 0 spiro atoms. The molecule has 0 atom stereocenters. The molecule has 0 aliphatic rings. The Morgan fingerprint density at radius 3 is 2.45 bits per heavy atom. The van der Waals surface area contributed by atoms with E-state index in [0.717, 1.165) is 9.87 Å². The molecule has 0 saturated heterocycles. The van der Waals surface area contributed by atoms with Crippen LogP contribution in [0, 0.1) is 18.3 Å². The van der Waals surface area contributed by atoms with Crippen LogP contribution in [0.15, 0.2) is 53.4 Å². The SMILES string of the molecule is COc1cc(C=CC(=O)NNC(=O)CN(C)S(=O)(=O)c2ccc(C)cc2)ccc1OCC#N. The first-order chi connectivity index (χ1) is 15.7. The Kier molecular flexibility index (Phi) is 8.97. The number of rotatable bonds is 9. The number of hydrogen-bond acceptors (Lipinski definition) is 7. The van der Waals surface area contributed by atoms with Gasteiger partial charge in [0, 0.05) is 13.1 Å². The summed E-state index contributed by atoms with van der Waals surface area (Å²) in [6, 6.07) is 13.0. The molecule has 10 nitrogen and oxygen atoms in total. The standard InChI is InChI=1S/C22H24N4O6S/c1-16-4-8-18(9-5-16)33(29,30)26(2)15-22(28)25-24-21(27)11-7-17-6-10-19(32-13-12-23)20(14-17)31-3/h4-11,14H,13,15H2,1-3H3,(H,24,27)(H,25,28). The van der Waals surface area contributed by atoms with Crippen molar-refractivity contribution in [3.63, 3.8) is 0 Å². The van der Waals surface area contributed by atoms with Gasteiger partial charge in [-0.15, -0.1) is 0 Å². The molecule has 0 aliphatic heterocycles. The first-order valence-electron chi connectivity index (χ1n) is 9.65. The van der Waals surface area contributed by atoms with Crippen LogP contribution in [0.2, 0.25) is 0 Å². The van der Waals surface area contributed by atoms with Gasteiger partial charge in [0.1, 0.15) is 6.07 Å². The van der Waals surface area contributed by atoms with Crippen LogP contribution in [0.25, 0.3) is 6.08 Å². The minimum atomic E-state index is -3.85. The average Bonchev–Trinajstić information content (AvgIpc) is 2.80. The van der Waals surface area contributed by atoms with E-state index < -0.39 is 28.4 Å². The zero-order chi connectivity index (χ0) is 24.4. The Labute approximate surface area is 192 Å². The van der Waals surface area contributed by atoms with Gasteiger partial charge in [0.2, 0.25) is 10.0 Å². The van der Waals surface area contributed by atoms with Crippen molar-refractivity contribution < 1.29 is 27.5 Å². The first-order valence-corrected chi connectivity index (χ1v) is 11.1. The number of hydrogen-bond donors (Lipinski definition) is 2. The predicted octanol–water partition coefficient (Wildman–Crippen LogP) is 1.39. The van der Waals surface area contributed by atoms with Gasteiger partial charge in [0.15, 0.2) is 18.1 Å². The minimum Gasteiger partial charge on any atom is -0.493 e. The lowest BCUT2D eigenvalue weighted by molar-refractivity contribution is -0.126. The Morgan fingerprint density at radius 2 is 1.82 bits per heavy atom. The van der Waals surface area contributed by atoms with E-state index in [2.05, 4.69) is 10.9 Å². The van der Waals surface area contributed by atoms with E-state index in [-0.39, 0.29) is 11.5 Å². The van der Waals surface area contributed by atoms with Crippen molar-refractivity contribution in [1.82, 2.24) is 15.2 Å². The lowest BCUT2D eigenvalue weighted by atomic mass is 10.2. The third-order valence-corrected chi connectivity index (χ3v) is 6.15. The number of carbonyl (C=O) groups excluding carboxylic acids is 2. The van der Waals surface area contributed by atoms with Crippen LogP contribution in [-0.2, 0) is 19.6 Å². The molecule has 2 amide bonds. The third kappa shape index (κ3) is 7.34. The first kappa shape index (κ1) is 25.4. The van der Waals surface area contributed by atoms with Crippen molar-refractivity contribution in [2.75, 3.05) is 27.3 Å². The second kappa shape index (κ2) is 11.7. The van der Waals surface area contributed by atoms with E-state index in [9.17, 15) is 18.0 Å². The predicted molar refractivity (Wildman–Crippen MR) is 120 cm³/mol. The van der Waals surface area contributed by atoms with Crippen LogP contribution >= 0.6 is 0 Å². The highest BCUT2D eigenvalue weighted by molar-refractivity contribution is 7.89. The average molecular weight is 473 g/mol. The van der Waals surface area contributed by atoms with Crippen molar-refractivity contribution in [2.45, 2.75) is 11.8 Å². The number of nitrogens with one attached hydrogen (secondary N) is 2. The smallest absolute Gasteiger partial charge is 0.262 e. The normalized spacial score (nSPS) is 11.1. The summed E-state index contributed by atoms with van der Waals surface area (Å²) in [7, 11) is -1.13. The van der Waals surface area contributed by atoms with Crippen molar-refractivity contribution in [3.05, 3.63) is 59.7 Å². The van der Waals surface area contributed by atoms with Gasteiger partial charge < -0.3 is 9.47 Å². The molecule has 2 aromatic carbocycles. The monoisotopic (exact) mass is 472 g/mol. The number of nitriles is 1. The number of ether oxygens (including phenoxy) is 2. The van der Waals surface area contributed by atoms with E-state index in [1.165, 1.54) is 38.4 Å². The Bertz CT molecular complexity index is 1170. The van der Waals surface area contributed by atoms with Crippen molar-refractivity contribution in [3.8, 4) is 17.6 Å². The lowest BCUT2D eigenvalue weighted by Crippen LogP contribution is -2.46. The summed E-state index contributed by atoms with van der Waals surface area (Å²) < 4.78 is 36.4. The fourth-order valence-corrected chi connectivity index (χ4v) is 3.71. The molecular weight excluding hydrogens is 448 g/mol. The molecule has 2 rings (SSSR count). The summed E-state index contributed by atoms with van der Waals surface area (Å²) in [5.41, 5.74) is 5.87. The van der Waals surface area contributed by atoms with Gasteiger partial charge in [-0.05, 0) is 42.8 Å². The maximum absolute atomic E-state index is 12.5. The van der Waals surface area contributed by atoms with Gasteiger partial charge in [-0.25, -0.2) is 8.42 Å². The Morgan fingerprint density at radius 1 is 1.12 bits per heavy atom. The third-order valence-electron chi connectivity index (χ3n) is 4.33. The topological polar surface area (TPSA) is 138 Å². The van der Waals surface area contributed by atoms with E-state index >= 15 is 0 Å². The van der Waals surface area contributed by atoms with Crippen molar-refractivity contribution >= 4 is 27.9 Å². The molecule has 0 aromatic heterocycles. The largest absolute Gasteiger partial charge is 0.493 e. The van der Waals surface area contributed by atoms with Crippen LogP contribution in [0.1, 0.15) is 11.1 Å². The van der Waals surface area contributed by atoms with Crippen LogP contribution in [-0.4, -0.2) is 51.8 Å². The molecule has 0 radical (unpaired) electrons. The zero-order valence-corrected chi connectivity index (χ0v) is 19.2. The summed E-state index contributed by atoms with van der Waals surface area (Å²) in [5.74, 6) is -0.566. The van der Waals surface area contributed by atoms with Gasteiger partial charge in [-0.3, -0.25) is 20.4 Å². The number of carbonyl (C=O) groups is 2. The van der Waals surface area contributed by atoms with E-state index in [0.29, 0.717) is 17.1 Å². The highest BCUT2D eigenvalue weighted by atomic mass is 32.2. The maximum Gasteiger partial charge on any atom is 0.262 e. The van der Waals surface area contributed by atoms with Crippen LogP contribution in [0.4, 0.5) is 0 Å². The van der Waals surface area contributed by atoms with Gasteiger partial charge >= 0.3 is 0 Å². The molecule has 0 fully saturated rings. The second-order valence-corrected chi connectivity index (χ2v) is 8.85. The minimum absolute atomic E-state index is 0.0647. The van der Waals surface area contributed by atoms with Gasteiger partial charge in [-0.1, -0.05) is 23.8 Å². The molecule has 0 aliphatic carbocycles. The highest BCUT2D eigenvalue weighted by Crippen LogP contribution is 2.28. The number of hydrazine groups is 1. The Hall–Kier alpha value is -3.88. The second-order valence-electron chi connectivity index (χ2n) is 6.80. The molecule has 2 aromatic rings. The summed E-state index contributed by atoms with van der Waals surface area (Å²) in [4.78, 5) is 24.1. The van der Waals surface area contributed by atoms with Gasteiger partial charge in [-0.2, -0.15) is 9.57 Å². The number of amides is 2. The molecule has 0 heterocycles. The van der Waals surface area contributed by atoms with Crippen LogP contribution in [0.3, 0.4) is 0 Å². The van der Waals surface area contributed by atoms with Crippen molar-refractivity contribution in [1.29, 1.82) is 5.26 Å². The van der Waals surface area contributed by atoms with E-state index in [1.807, 2.05) is 13.0 Å². The zero-order valence-electron chi connectivity index (χ0n) is 18.4. The lowest BCUT2D eigenvalue weighted by Gasteiger charge is -2.17. The van der Waals surface area contributed by atoms with Crippen LogP contribution < -0.4 is 20.3 Å². The molecule has 0 bridgehead atoms. The molecule has 33 heavy (non-hydrogen) atoms. The number of benzene rings is 2. The van der Waals surface area contributed by atoms with E-state index in [4.69, 9.17) is 14.7 Å². The summed E-state index contributed by atoms with van der Waals surface area (Å²) >= 11 is 0. The number of likely N-dealkylation sites (N-methyl/N-ethyl adjacent to an activating group) is 1. The van der Waals surface area contributed by atoms with E-state index in [1.54, 1.807) is 30.3 Å². The molecule has 2 N–H and O–H groups in total. The number of aryl methyl sites for hydroxylation is 1. The fraction of sp³-hybridized carbons (Fsp3) is 0.227. The molecule has 11 heteroatoms. The summed E-state index contributed by atoms with van der Waals surface area (Å²) in [6.07, 6.45) is 2.66. The quantitative estimate of drug-likeness (QED) is 0.415. The molecule has 0 unspecified atom stereocenters. The summed E-state index contributed by atoms with van der Waals surface area (Å²) in [5, 5.41) is 8.60. The Balaban J connectivity index is 1.90. The molecule has 0 saturated carbocycles. The number of sulfonamides is 1. The number of nitrogens with zero attached hydrogens (tertiary/aromatic N) is 2. The van der Waals surface area contributed by atoms with Crippen LogP contribution in [0.5, 0.6) is 11.5 Å². The van der Waals surface area contributed by atoms with Crippen molar-refractivity contribution in [2.24, 2.45) is 0 Å². The fourth-order valence-electron chi connectivity index (χ4n) is 2.58. The maximum atomic E-state index is 12.5. The van der Waals surface area contributed by atoms with Gasteiger partial charge in [0.25, 0.3) is 11.8 Å². The van der Waals surface area contributed by atoms with Gasteiger partial charge in [0.05, 0.1) is 18.6 Å². The molecular formula is C22H24N4O6S. The summed E-state index contributed by atoms with van der Waals surface area (Å²) in [6.45, 7) is 1.22. The molecule has 174 valence electrons. The number of methoxy groups -OCH3 is 1.